The topological polar surface area (TPSA) is 58.1 Å². The van der Waals surface area contributed by atoms with Crippen LogP contribution in [0.2, 0.25) is 0 Å². The Balaban J connectivity index is 2.03. The van der Waals surface area contributed by atoms with Crippen LogP contribution in [0.1, 0.15) is 35.5 Å². The summed E-state index contributed by atoms with van der Waals surface area (Å²) in [6.45, 7) is 8.23. The van der Waals surface area contributed by atoms with Gasteiger partial charge in [-0.2, -0.15) is 0 Å². The van der Waals surface area contributed by atoms with E-state index in [0.717, 1.165) is 18.7 Å². The number of anilines is 1. The van der Waals surface area contributed by atoms with Crippen molar-refractivity contribution in [1.82, 2.24) is 15.3 Å². The minimum absolute atomic E-state index is 0.184. The fourth-order valence-electron chi connectivity index (χ4n) is 2.11. The molecule has 0 aliphatic rings. The third-order valence-corrected chi connectivity index (χ3v) is 3.50. The number of rotatable bonds is 6. The van der Waals surface area contributed by atoms with Crippen LogP contribution in [0.5, 0.6) is 0 Å². The summed E-state index contributed by atoms with van der Waals surface area (Å²) in [5.41, 5.74) is 2.66. The van der Waals surface area contributed by atoms with Gasteiger partial charge in [-0.3, -0.25) is 4.79 Å². The van der Waals surface area contributed by atoms with Crippen molar-refractivity contribution in [3.05, 3.63) is 53.3 Å². The average Bonchev–Trinajstić information content (AvgIpc) is 2.55. The van der Waals surface area contributed by atoms with E-state index in [0.29, 0.717) is 18.2 Å². The molecule has 0 saturated heterocycles. The SMILES string of the molecule is CCN(CC)c1nccc(C(=O)NCc2ccc(C)cc2)n1. The van der Waals surface area contributed by atoms with E-state index in [1.54, 1.807) is 12.3 Å². The first kappa shape index (κ1) is 15.9. The van der Waals surface area contributed by atoms with Gasteiger partial charge in [-0.25, -0.2) is 9.97 Å². The van der Waals surface area contributed by atoms with Crippen molar-refractivity contribution in [3.8, 4) is 0 Å². The van der Waals surface area contributed by atoms with Gasteiger partial charge in [-0.05, 0) is 32.4 Å². The van der Waals surface area contributed by atoms with Gasteiger partial charge < -0.3 is 10.2 Å². The predicted octanol–water partition coefficient (Wildman–Crippen LogP) is 2.56. The molecule has 1 aromatic heterocycles. The van der Waals surface area contributed by atoms with E-state index in [2.05, 4.69) is 15.3 Å². The van der Waals surface area contributed by atoms with Crippen LogP contribution in [0.25, 0.3) is 0 Å². The lowest BCUT2D eigenvalue weighted by Crippen LogP contribution is -2.27. The fourth-order valence-corrected chi connectivity index (χ4v) is 2.11. The molecular formula is C17H22N4O. The lowest BCUT2D eigenvalue weighted by molar-refractivity contribution is 0.0946. The summed E-state index contributed by atoms with van der Waals surface area (Å²) < 4.78 is 0. The van der Waals surface area contributed by atoms with Gasteiger partial charge in [0.05, 0.1) is 0 Å². The Morgan fingerprint density at radius 2 is 1.82 bits per heavy atom. The highest BCUT2D eigenvalue weighted by molar-refractivity contribution is 5.92. The number of aromatic nitrogens is 2. The molecule has 0 unspecified atom stereocenters. The van der Waals surface area contributed by atoms with Crippen molar-refractivity contribution < 1.29 is 4.79 Å². The highest BCUT2D eigenvalue weighted by Gasteiger charge is 2.11. The second kappa shape index (κ2) is 7.54. The summed E-state index contributed by atoms with van der Waals surface area (Å²) in [6.07, 6.45) is 1.63. The van der Waals surface area contributed by atoms with Crippen LogP contribution < -0.4 is 10.2 Å². The normalized spacial score (nSPS) is 10.3. The Bertz CT molecular complexity index is 621. The van der Waals surface area contributed by atoms with Crippen molar-refractivity contribution in [3.63, 3.8) is 0 Å². The third kappa shape index (κ3) is 4.04. The molecule has 1 amide bonds. The summed E-state index contributed by atoms with van der Waals surface area (Å²) in [7, 11) is 0. The molecule has 0 fully saturated rings. The Morgan fingerprint density at radius 3 is 2.45 bits per heavy atom. The molecule has 0 radical (unpaired) electrons. The molecule has 5 heteroatoms. The number of nitrogens with zero attached hydrogens (tertiary/aromatic N) is 3. The molecule has 0 atom stereocenters. The zero-order valence-electron chi connectivity index (χ0n) is 13.3. The lowest BCUT2D eigenvalue weighted by Gasteiger charge is -2.18. The van der Waals surface area contributed by atoms with Gasteiger partial charge in [0, 0.05) is 25.8 Å². The maximum Gasteiger partial charge on any atom is 0.270 e. The molecule has 116 valence electrons. The van der Waals surface area contributed by atoms with Crippen molar-refractivity contribution in [2.75, 3.05) is 18.0 Å². The smallest absolute Gasteiger partial charge is 0.270 e. The van der Waals surface area contributed by atoms with Crippen LogP contribution in [0.15, 0.2) is 36.5 Å². The van der Waals surface area contributed by atoms with E-state index in [1.165, 1.54) is 5.56 Å². The maximum atomic E-state index is 12.2. The number of benzene rings is 1. The molecule has 2 rings (SSSR count). The predicted molar refractivity (Wildman–Crippen MR) is 87.9 cm³/mol. The molecule has 1 N–H and O–H groups in total. The van der Waals surface area contributed by atoms with E-state index in [9.17, 15) is 4.79 Å². The molecule has 0 saturated carbocycles. The number of amides is 1. The Hall–Kier alpha value is -2.43. The second-order valence-corrected chi connectivity index (χ2v) is 5.08. The van der Waals surface area contributed by atoms with E-state index in [1.807, 2.05) is 49.9 Å². The van der Waals surface area contributed by atoms with Crippen LogP contribution in [0.3, 0.4) is 0 Å². The van der Waals surface area contributed by atoms with Crippen LogP contribution in [-0.2, 0) is 6.54 Å². The minimum Gasteiger partial charge on any atom is -0.347 e. The van der Waals surface area contributed by atoms with Gasteiger partial charge in [0.2, 0.25) is 5.95 Å². The van der Waals surface area contributed by atoms with Gasteiger partial charge in [0.15, 0.2) is 0 Å². The zero-order chi connectivity index (χ0) is 15.9. The van der Waals surface area contributed by atoms with E-state index in [4.69, 9.17) is 0 Å². The average molecular weight is 298 g/mol. The van der Waals surface area contributed by atoms with Crippen LogP contribution in [0, 0.1) is 6.92 Å². The van der Waals surface area contributed by atoms with Crippen LogP contribution in [0.4, 0.5) is 5.95 Å². The Labute approximate surface area is 131 Å². The highest BCUT2D eigenvalue weighted by atomic mass is 16.1. The summed E-state index contributed by atoms with van der Waals surface area (Å²) in [5, 5.41) is 2.89. The highest BCUT2D eigenvalue weighted by Crippen LogP contribution is 2.08. The molecular weight excluding hydrogens is 276 g/mol. The first-order chi connectivity index (χ1) is 10.6. The molecule has 0 bridgehead atoms. The number of carbonyl (C=O) groups is 1. The zero-order valence-corrected chi connectivity index (χ0v) is 13.3. The van der Waals surface area contributed by atoms with E-state index < -0.39 is 0 Å². The largest absolute Gasteiger partial charge is 0.347 e. The summed E-state index contributed by atoms with van der Waals surface area (Å²) in [6, 6.07) is 9.72. The first-order valence-corrected chi connectivity index (χ1v) is 7.55. The molecule has 1 heterocycles. The molecule has 0 aliphatic carbocycles. The number of carbonyl (C=O) groups excluding carboxylic acids is 1. The molecule has 2 aromatic rings. The van der Waals surface area contributed by atoms with E-state index >= 15 is 0 Å². The number of nitrogens with one attached hydrogen (secondary N) is 1. The Kier molecular flexibility index (Phi) is 5.47. The molecule has 0 aliphatic heterocycles. The van der Waals surface area contributed by atoms with Gasteiger partial charge in [0.25, 0.3) is 5.91 Å². The summed E-state index contributed by atoms with van der Waals surface area (Å²) >= 11 is 0. The quantitative estimate of drug-likeness (QED) is 0.890. The van der Waals surface area contributed by atoms with E-state index in [-0.39, 0.29) is 5.91 Å². The molecule has 5 nitrogen and oxygen atoms in total. The number of hydrogen-bond acceptors (Lipinski definition) is 4. The number of aryl methyl sites for hydroxylation is 1. The molecule has 0 spiro atoms. The van der Waals surface area contributed by atoms with Crippen LogP contribution >= 0.6 is 0 Å². The fraction of sp³-hybridized carbons (Fsp3) is 0.353. The Morgan fingerprint density at radius 1 is 1.14 bits per heavy atom. The van der Waals surface area contributed by atoms with Crippen molar-refractivity contribution in [2.45, 2.75) is 27.3 Å². The van der Waals surface area contributed by atoms with Gasteiger partial charge in [-0.15, -0.1) is 0 Å². The van der Waals surface area contributed by atoms with Gasteiger partial charge >= 0.3 is 0 Å². The molecule has 22 heavy (non-hydrogen) atoms. The third-order valence-electron chi connectivity index (χ3n) is 3.50. The van der Waals surface area contributed by atoms with Crippen LogP contribution in [-0.4, -0.2) is 29.0 Å². The van der Waals surface area contributed by atoms with Gasteiger partial charge in [-0.1, -0.05) is 29.8 Å². The minimum atomic E-state index is -0.184. The summed E-state index contributed by atoms with van der Waals surface area (Å²) in [5.74, 6) is 0.407. The molecule has 1 aromatic carbocycles. The lowest BCUT2D eigenvalue weighted by atomic mass is 10.1. The summed E-state index contributed by atoms with van der Waals surface area (Å²) in [4.78, 5) is 22.8. The van der Waals surface area contributed by atoms with Crippen molar-refractivity contribution >= 4 is 11.9 Å². The monoisotopic (exact) mass is 298 g/mol. The van der Waals surface area contributed by atoms with Crippen molar-refractivity contribution in [1.29, 1.82) is 0 Å². The maximum absolute atomic E-state index is 12.2. The van der Waals surface area contributed by atoms with Gasteiger partial charge in [0.1, 0.15) is 5.69 Å². The second-order valence-electron chi connectivity index (χ2n) is 5.08. The number of hydrogen-bond donors (Lipinski definition) is 1. The standard InChI is InChI=1S/C17H22N4O/c1-4-21(5-2)17-18-11-10-15(20-17)16(22)19-12-14-8-6-13(3)7-9-14/h6-11H,4-5,12H2,1-3H3,(H,19,22). The first-order valence-electron chi connectivity index (χ1n) is 7.55. The van der Waals surface area contributed by atoms with Crippen molar-refractivity contribution in [2.24, 2.45) is 0 Å².